The molecule has 0 fully saturated rings. The van der Waals surface area contributed by atoms with Gasteiger partial charge in [0.25, 0.3) is 0 Å². The van der Waals surface area contributed by atoms with Gasteiger partial charge in [-0.15, -0.1) is 11.3 Å². The van der Waals surface area contributed by atoms with Crippen molar-refractivity contribution in [1.29, 1.82) is 0 Å². The number of hydrogen-bond donors (Lipinski definition) is 3. The Kier molecular flexibility index (Phi) is 3.81. The maximum Gasteiger partial charge on any atom is 0.499 e. The first-order chi connectivity index (χ1) is 8.59. The minimum Gasteiger partial charge on any atom is -0.481 e. The largest absolute Gasteiger partial charge is 0.499 e. The van der Waals surface area contributed by atoms with E-state index < -0.39 is 13.1 Å². The summed E-state index contributed by atoms with van der Waals surface area (Å²) in [4.78, 5) is 10.5. The zero-order valence-electron chi connectivity index (χ0n) is 9.41. The number of carbonyl (C=O) groups is 1. The SMILES string of the molecule is O=C(O)C/C=C/c1c(B(O)O)sc2ccccc12. The molecule has 2 rings (SSSR count). The van der Waals surface area contributed by atoms with Gasteiger partial charge in [0, 0.05) is 9.48 Å². The van der Waals surface area contributed by atoms with Gasteiger partial charge < -0.3 is 15.2 Å². The number of carboxylic acids is 1. The molecule has 1 heterocycles. The topological polar surface area (TPSA) is 77.8 Å². The lowest BCUT2D eigenvalue weighted by atomic mass is 9.85. The number of thiophene rings is 1. The summed E-state index contributed by atoms with van der Waals surface area (Å²) in [5, 5.41) is 28.1. The van der Waals surface area contributed by atoms with Gasteiger partial charge in [0.15, 0.2) is 0 Å². The fourth-order valence-electron chi connectivity index (χ4n) is 1.73. The van der Waals surface area contributed by atoms with Crippen LogP contribution in [0.2, 0.25) is 0 Å². The average Bonchev–Trinajstić information content (AvgIpc) is 2.68. The zero-order valence-corrected chi connectivity index (χ0v) is 10.2. The van der Waals surface area contributed by atoms with E-state index in [1.54, 1.807) is 6.08 Å². The van der Waals surface area contributed by atoms with Crippen LogP contribution in [0, 0.1) is 0 Å². The van der Waals surface area contributed by atoms with Gasteiger partial charge in [-0.1, -0.05) is 30.4 Å². The summed E-state index contributed by atoms with van der Waals surface area (Å²) in [5.41, 5.74) is 0.673. The van der Waals surface area contributed by atoms with Crippen molar-refractivity contribution in [2.24, 2.45) is 0 Å². The summed E-state index contributed by atoms with van der Waals surface area (Å²) in [6.45, 7) is 0. The molecule has 1 aromatic carbocycles. The van der Waals surface area contributed by atoms with E-state index in [0.29, 0.717) is 10.3 Å². The van der Waals surface area contributed by atoms with Crippen molar-refractivity contribution >= 4 is 45.4 Å². The van der Waals surface area contributed by atoms with Gasteiger partial charge in [-0.25, -0.2) is 0 Å². The highest BCUT2D eigenvalue weighted by atomic mass is 32.1. The Labute approximate surface area is 108 Å². The lowest BCUT2D eigenvalue weighted by Gasteiger charge is -1.97. The van der Waals surface area contributed by atoms with E-state index in [2.05, 4.69) is 0 Å². The third kappa shape index (κ3) is 2.61. The maximum atomic E-state index is 10.5. The van der Waals surface area contributed by atoms with Crippen molar-refractivity contribution in [3.8, 4) is 0 Å². The van der Waals surface area contributed by atoms with Gasteiger partial charge in [-0.2, -0.15) is 0 Å². The molecule has 0 bridgehead atoms. The minimum atomic E-state index is -1.55. The summed E-state index contributed by atoms with van der Waals surface area (Å²) < 4.78 is 1.37. The van der Waals surface area contributed by atoms with Gasteiger partial charge in [-0.3, -0.25) is 4.79 Å². The standard InChI is InChI=1S/C12H11BO4S/c14-11(15)7-3-5-9-8-4-1-2-6-10(8)18-12(9)13(16)17/h1-6,16-17H,7H2,(H,14,15)/b5-3+. The summed E-state index contributed by atoms with van der Waals surface area (Å²) >= 11 is 1.29. The van der Waals surface area contributed by atoms with Crippen LogP contribution in [0.5, 0.6) is 0 Å². The van der Waals surface area contributed by atoms with E-state index in [4.69, 9.17) is 5.11 Å². The molecule has 0 radical (unpaired) electrons. The zero-order chi connectivity index (χ0) is 13.1. The molecule has 0 aliphatic heterocycles. The lowest BCUT2D eigenvalue weighted by molar-refractivity contribution is -0.135. The Morgan fingerprint density at radius 2 is 2.06 bits per heavy atom. The minimum absolute atomic E-state index is 0.0921. The van der Waals surface area contributed by atoms with Crippen LogP contribution in [0.4, 0.5) is 0 Å². The van der Waals surface area contributed by atoms with Gasteiger partial charge in [-0.05, 0) is 17.0 Å². The molecule has 18 heavy (non-hydrogen) atoms. The van der Waals surface area contributed by atoms with E-state index in [9.17, 15) is 14.8 Å². The Morgan fingerprint density at radius 1 is 1.33 bits per heavy atom. The first kappa shape index (κ1) is 12.8. The molecule has 0 atom stereocenters. The van der Waals surface area contributed by atoms with Gasteiger partial charge in [0.1, 0.15) is 0 Å². The smallest absolute Gasteiger partial charge is 0.481 e. The number of carboxylic acid groups (broad SMARTS) is 1. The predicted octanol–water partition coefficient (Wildman–Crippen LogP) is 1.07. The van der Waals surface area contributed by atoms with Crippen LogP contribution in [0.3, 0.4) is 0 Å². The van der Waals surface area contributed by atoms with Gasteiger partial charge >= 0.3 is 13.1 Å². The highest BCUT2D eigenvalue weighted by molar-refractivity contribution is 7.28. The number of rotatable bonds is 4. The van der Waals surface area contributed by atoms with Crippen LogP contribution in [-0.4, -0.2) is 28.2 Å². The molecule has 3 N–H and O–H groups in total. The molecule has 0 saturated heterocycles. The van der Waals surface area contributed by atoms with Crippen molar-refractivity contribution in [3.63, 3.8) is 0 Å². The van der Waals surface area contributed by atoms with E-state index in [1.807, 2.05) is 24.3 Å². The Balaban J connectivity index is 2.48. The van der Waals surface area contributed by atoms with Gasteiger partial charge in [0.2, 0.25) is 0 Å². The van der Waals surface area contributed by atoms with Crippen LogP contribution < -0.4 is 4.78 Å². The molecule has 0 aliphatic carbocycles. The van der Waals surface area contributed by atoms with Crippen LogP contribution in [0.15, 0.2) is 30.3 Å². The van der Waals surface area contributed by atoms with E-state index in [1.165, 1.54) is 17.4 Å². The molecule has 6 heteroatoms. The number of hydrogen-bond acceptors (Lipinski definition) is 4. The van der Waals surface area contributed by atoms with Crippen LogP contribution in [0.25, 0.3) is 16.2 Å². The molecule has 4 nitrogen and oxygen atoms in total. The van der Waals surface area contributed by atoms with E-state index >= 15 is 0 Å². The second kappa shape index (κ2) is 5.35. The van der Waals surface area contributed by atoms with Crippen molar-refractivity contribution in [2.45, 2.75) is 6.42 Å². The monoisotopic (exact) mass is 262 g/mol. The Hall–Kier alpha value is -1.63. The van der Waals surface area contributed by atoms with E-state index in [0.717, 1.165) is 10.1 Å². The third-order valence-electron chi connectivity index (χ3n) is 2.47. The van der Waals surface area contributed by atoms with Crippen molar-refractivity contribution in [2.75, 3.05) is 0 Å². The molecule has 92 valence electrons. The van der Waals surface area contributed by atoms with Gasteiger partial charge in [0.05, 0.1) is 6.42 Å². The highest BCUT2D eigenvalue weighted by Crippen LogP contribution is 2.25. The third-order valence-corrected chi connectivity index (χ3v) is 3.70. The summed E-state index contributed by atoms with van der Waals surface area (Å²) in [5.74, 6) is -0.920. The lowest BCUT2D eigenvalue weighted by Crippen LogP contribution is -2.28. The molecule has 0 saturated carbocycles. The quantitative estimate of drug-likeness (QED) is 0.720. The molecule has 0 aliphatic rings. The highest BCUT2D eigenvalue weighted by Gasteiger charge is 2.20. The summed E-state index contributed by atoms with van der Waals surface area (Å²) in [6, 6.07) is 7.49. The molecule has 1 aromatic heterocycles. The fraction of sp³-hybridized carbons (Fsp3) is 0.0833. The van der Waals surface area contributed by atoms with Crippen molar-refractivity contribution < 1.29 is 19.9 Å². The number of fused-ring (bicyclic) bond motifs is 1. The van der Waals surface area contributed by atoms with Crippen LogP contribution in [0.1, 0.15) is 12.0 Å². The molecular formula is C12H11BO4S. The number of benzene rings is 1. The molecule has 2 aromatic rings. The molecular weight excluding hydrogens is 251 g/mol. The first-order valence-corrected chi connectivity index (χ1v) is 6.17. The van der Waals surface area contributed by atoms with E-state index in [-0.39, 0.29) is 6.42 Å². The van der Waals surface area contributed by atoms with Crippen molar-refractivity contribution in [1.82, 2.24) is 0 Å². The summed E-state index contributed by atoms with van der Waals surface area (Å²) in [7, 11) is -1.55. The fourth-order valence-corrected chi connectivity index (χ4v) is 2.79. The van der Waals surface area contributed by atoms with Crippen molar-refractivity contribution in [3.05, 3.63) is 35.9 Å². The normalized spacial score (nSPS) is 11.2. The first-order valence-electron chi connectivity index (χ1n) is 5.35. The average molecular weight is 262 g/mol. The number of aliphatic carboxylic acids is 1. The summed E-state index contributed by atoms with van der Waals surface area (Å²) in [6.07, 6.45) is 3.04. The predicted molar refractivity (Wildman–Crippen MR) is 72.9 cm³/mol. The second-order valence-corrected chi connectivity index (χ2v) is 4.83. The maximum absolute atomic E-state index is 10.5. The van der Waals surface area contributed by atoms with Crippen LogP contribution in [-0.2, 0) is 4.79 Å². The Bertz CT molecular complexity index is 603. The molecule has 0 amide bonds. The Morgan fingerprint density at radius 3 is 2.72 bits per heavy atom. The second-order valence-electron chi connectivity index (χ2n) is 3.75. The molecule has 0 unspecified atom stereocenters. The molecule has 0 spiro atoms. The van der Waals surface area contributed by atoms with Crippen LogP contribution >= 0.6 is 11.3 Å².